The van der Waals surface area contributed by atoms with Crippen molar-refractivity contribution >= 4 is 21.4 Å². The molecular formula is C19H15CrN. The molecule has 0 spiro atoms. The number of para-hydroxylation sites is 1. The van der Waals surface area contributed by atoms with Crippen LogP contribution in [0.2, 0.25) is 0 Å². The molecular weight excluding hydrogens is 294 g/mol. The summed E-state index contributed by atoms with van der Waals surface area (Å²) >= 11 is 0.362. The molecule has 0 saturated heterocycles. The molecule has 2 heteroatoms. The van der Waals surface area contributed by atoms with Gasteiger partial charge in [0.25, 0.3) is 0 Å². The molecule has 0 saturated carbocycles. The zero-order valence-electron chi connectivity index (χ0n) is 11.8. The SMILES string of the molecule is CC1=Cc2ccccc2[CH]1[Cr][c]1cccc2cccnc12. The van der Waals surface area contributed by atoms with Crippen LogP contribution in [0.25, 0.3) is 17.0 Å². The second-order valence-corrected chi connectivity index (χ2v) is 7.14. The summed E-state index contributed by atoms with van der Waals surface area (Å²) in [5.74, 6) is 0. The van der Waals surface area contributed by atoms with E-state index in [1.54, 1.807) is 0 Å². The van der Waals surface area contributed by atoms with Crippen molar-refractivity contribution in [2.45, 2.75) is 11.7 Å². The van der Waals surface area contributed by atoms with Crippen LogP contribution in [0.3, 0.4) is 0 Å². The Hall–Kier alpha value is -1.88. The van der Waals surface area contributed by atoms with E-state index in [4.69, 9.17) is 0 Å². The number of allylic oxidation sites excluding steroid dienone is 1. The first-order valence-electron chi connectivity index (χ1n) is 7.10. The average Bonchev–Trinajstić information content (AvgIpc) is 2.84. The van der Waals surface area contributed by atoms with Crippen LogP contribution in [0.4, 0.5) is 0 Å². The van der Waals surface area contributed by atoms with Gasteiger partial charge in [-0.05, 0) is 0 Å². The first-order chi connectivity index (χ1) is 10.3. The number of hydrogen-bond donors (Lipinski definition) is 0. The Labute approximate surface area is 131 Å². The van der Waals surface area contributed by atoms with Crippen molar-refractivity contribution in [1.82, 2.24) is 4.98 Å². The molecule has 1 aliphatic rings. The molecule has 1 nitrogen and oxygen atoms in total. The molecule has 0 amide bonds. The van der Waals surface area contributed by atoms with Gasteiger partial charge in [-0.1, -0.05) is 0 Å². The minimum absolute atomic E-state index is 0.362. The maximum absolute atomic E-state index is 4.60. The molecule has 1 unspecified atom stereocenters. The van der Waals surface area contributed by atoms with Crippen LogP contribution in [0, 0.1) is 0 Å². The van der Waals surface area contributed by atoms with Crippen LogP contribution in [0.15, 0.2) is 66.4 Å². The van der Waals surface area contributed by atoms with Crippen molar-refractivity contribution < 1.29 is 15.2 Å². The van der Waals surface area contributed by atoms with Crippen LogP contribution in [0.1, 0.15) is 22.8 Å². The predicted molar refractivity (Wildman–Crippen MR) is 84.2 cm³/mol. The molecule has 1 aromatic heterocycles. The summed E-state index contributed by atoms with van der Waals surface area (Å²) < 4.78 is 1.94. The molecule has 3 aromatic rings. The van der Waals surface area contributed by atoms with Crippen LogP contribution in [-0.4, -0.2) is 4.98 Å². The molecule has 1 aliphatic carbocycles. The molecule has 0 N–H and O–H groups in total. The second-order valence-electron chi connectivity index (χ2n) is 5.35. The Balaban J connectivity index is 1.78. The monoisotopic (exact) mass is 309 g/mol. The van der Waals surface area contributed by atoms with Crippen molar-refractivity contribution in [3.8, 4) is 0 Å². The van der Waals surface area contributed by atoms with Gasteiger partial charge in [-0.3, -0.25) is 0 Å². The van der Waals surface area contributed by atoms with Gasteiger partial charge < -0.3 is 0 Å². The fraction of sp³-hybridized carbons (Fsp3) is 0.105. The molecule has 102 valence electrons. The topological polar surface area (TPSA) is 12.9 Å². The van der Waals surface area contributed by atoms with Gasteiger partial charge >= 0.3 is 131 Å². The minimum atomic E-state index is 0.362. The Bertz CT molecular complexity index is 846. The van der Waals surface area contributed by atoms with Crippen LogP contribution in [-0.2, 0) is 15.2 Å². The second kappa shape index (κ2) is 5.15. The quantitative estimate of drug-likeness (QED) is 0.694. The first kappa shape index (κ1) is 12.8. The summed E-state index contributed by atoms with van der Waals surface area (Å²) in [6.07, 6.45) is 4.23. The molecule has 0 bridgehead atoms. The molecule has 1 heterocycles. The van der Waals surface area contributed by atoms with Crippen LogP contribution < -0.4 is 4.43 Å². The fourth-order valence-electron chi connectivity index (χ4n) is 2.90. The average molecular weight is 309 g/mol. The van der Waals surface area contributed by atoms with E-state index in [0.717, 1.165) is 5.52 Å². The van der Waals surface area contributed by atoms with Crippen LogP contribution >= 0.6 is 0 Å². The zero-order valence-corrected chi connectivity index (χ0v) is 13.1. The summed E-state index contributed by atoms with van der Waals surface area (Å²) in [6, 6.07) is 19.5. The summed E-state index contributed by atoms with van der Waals surface area (Å²) in [5.41, 5.74) is 5.50. The van der Waals surface area contributed by atoms with Gasteiger partial charge in [0.1, 0.15) is 0 Å². The molecule has 0 radical (unpaired) electrons. The third-order valence-corrected chi connectivity index (χ3v) is 6.17. The van der Waals surface area contributed by atoms with Crippen molar-refractivity contribution in [2.24, 2.45) is 0 Å². The normalized spacial score (nSPS) is 16.8. The number of nitrogens with zero attached hydrogens (tertiary/aromatic N) is 1. The summed E-state index contributed by atoms with van der Waals surface area (Å²) in [5, 5.41) is 1.24. The number of aromatic nitrogens is 1. The standard InChI is InChI=1S/C10H9.C9H6N.Cr/c1-8-6-9-4-2-3-5-10(9)7-8;1-2-6-9-8(4-1)5-3-7-10-9;/h2-7H,1H3;1-5,7H;. The fourth-order valence-corrected chi connectivity index (χ4v) is 4.91. The van der Waals surface area contributed by atoms with E-state index in [1.165, 1.54) is 26.5 Å². The van der Waals surface area contributed by atoms with Gasteiger partial charge in [0, 0.05) is 0 Å². The van der Waals surface area contributed by atoms with Gasteiger partial charge in [0.05, 0.1) is 0 Å². The molecule has 0 aliphatic heterocycles. The number of fused-ring (bicyclic) bond motifs is 2. The van der Waals surface area contributed by atoms with E-state index in [0.29, 0.717) is 20.0 Å². The molecule has 2 aromatic carbocycles. The number of hydrogen-bond acceptors (Lipinski definition) is 1. The Morgan fingerprint density at radius 2 is 1.81 bits per heavy atom. The maximum atomic E-state index is 4.60. The molecule has 1 atom stereocenters. The van der Waals surface area contributed by atoms with E-state index < -0.39 is 0 Å². The van der Waals surface area contributed by atoms with E-state index in [1.807, 2.05) is 12.3 Å². The number of pyridine rings is 1. The van der Waals surface area contributed by atoms with Crippen molar-refractivity contribution in [3.05, 3.63) is 77.5 Å². The molecule has 21 heavy (non-hydrogen) atoms. The third kappa shape index (κ3) is 2.21. The van der Waals surface area contributed by atoms with E-state index >= 15 is 0 Å². The molecule has 4 rings (SSSR count). The van der Waals surface area contributed by atoms with Crippen molar-refractivity contribution in [3.63, 3.8) is 0 Å². The number of benzene rings is 2. The van der Waals surface area contributed by atoms with Gasteiger partial charge in [-0.2, -0.15) is 0 Å². The van der Waals surface area contributed by atoms with Crippen molar-refractivity contribution in [1.29, 1.82) is 0 Å². The van der Waals surface area contributed by atoms with Crippen molar-refractivity contribution in [2.75, 3.05) is 0 Å². The third-order valence-electron chi connectivity index (χ3n) is 3.92. The van der Waals surface area contributed by atoms with E-state index in [2.05, 4.69) is 66.5 Å². The van der Waals surface area contributed by atoms with E-state index in [9.17, 15) is 0 Å². The van der Waals surface area contributed by atoms with Gasteiger partial charge in [0.2, 0.25) is 0 Å². The van der Waals surface area contributed by atoms with E-state index in [-0.39, 0.29) is 0 Å². The first-order valence-corrected chi connectivity index (χ1v) is 8.48. The zero-order chi connectivity index (χ0) is 14.2. The van der Waals surface area contributed by atoms with Crippen LogP contribution in [0.5, 0.6) is 0 Å². The Morgan fingerprint density at radius 1 is 0.952 bits per heavy atom. The van der Waals surface area contributed by atoms with Gasteiger partial charge in [0.15, 0.2) is 0 Å². The van der Waals surface area contributed by atoms with Gasteiger partial charge in [-0.15, -0.1) is 0 Å². The predicted octanol–water partition coefficient (Wildman–Crippen LogP) is 4.10. The summed E-state index contributed by atoms with van der Waals surface area (Å²) in [7, 11) is 0. The summed E-state index contributed by atoms with van der Waals surface area (Å²) in [4.78, 5) is 4.60. The summed E-state index contributed by atoms with van der Waals surface area (Å²) in [6.45, 7) is 2.25. The Morgan fingerprint density at radius 3 is 2.76 bits per heavy atom. The van der Waals surface area contributed by atoms with Gasteiger partial charge in [-0.25, -0.2) is 0 Å². The Kier molecular flexibility index (Phi) is 3.15. The number of rotatable bonds is 2. The molecule has 0 fully saturated rings.